The van der Waals surface area contributed by atoms with Crippen LogP contribution in [0, 0.1) is 0 Å². The number of likely N-dealkylation sites (tertiary alicyclic amines) is 1. The highest BCUT2D eigenvalue weighted by Gasteiger charge is 2.36. The predicted molar refractivity (Wildman–Crippen MR) is 77.1 cm³/mol. The second-order valence-electron chi connectivity index (χ2n) is 5.42. The number of pyridine rings is 1. The summed E-state index contributed by atoms with van der Waals surface area (Å²) in [7, 11) is 0. The lowest BCUT2D eigenvalue weighted by Crippen LogP contribution is -2.44. The highest BCUT2D eigenvalue weighted by molar-refractivity contribution is 5.85. The van der Waals surface area contributed by atoms with Gasteiger partial charge in [0.25, 0.3) is 0 Å². The molecule has 1 amide bonds. The largest absolute Gasteiger partial charge is 0.383 e. The highest BCUT2D eigenvalue weighted by atomic mass is 16.3. The van der Waals surface area contributed by atoms with Crippen LogP contribution >= 0.6 is 0 Å². The van der Waals surface area contributed by atoms with Crippen molar-refractivity contribution in [1.29, 1.82) is 0 Å². The minimum atomic E-state index is -0.938. The maximum atomic E-state index is 11.4. The number of benzene rings is 1. The van der Waals surface area contributed by atoms with E-state index in [4.69, 9.17) is 0 Å². The second-order valence-corrected chi connectivity index (χ2v) is 5.42. The Morgan fingerprint density at radius 1 is 1.25 bits per heavy atom. The average molecular weight is 270 g/mol. The molecule has 4 nitrogen and oxygen atoms in total. The standard InChI is InChI=1S/C16H18N2O2/c1-12(19)18-10-7-16(20,8-11-18)15-14-5-3-2-4-13(14)6-9-17-15/h2-6,9,20H,7-8,10-11H2,1H3. The third-order valence-electron chi connectivity index (χ3n) is 4.15. The number of carbonyl (C=O) groups is 1. The number of amides is 1. The maximum Gasteiger partial charge on any atom is 0.219 e. The van der Waals surface area contributed by atoms with E-state index in [-0.39, 0.29) is 5.91 Å². The van der Waals surface area contributed by atoms with Crippen molar-refractivity contribution in [2.75, 3.05) is 13.1 Å². The SMILES string of the molecule is CC(=O)N1CCC(O)(c2nccc3ccccc23)CC1. The van der Waals surface area contributed by atoms with Gasteiger partial charge in [-0.15, -0.1) is 0 Å². The summed E-state index contributed by atoms with van der Waals surface area (Å²) < 4.78 is 0. The molecule has 0 saturated carbocycles. The highest BCUT2D eigenvalue weighted by Crippen LogP contribution is 2.35. The number of rotatable bonds is 1. The zero-order chi connectivity index (χ0) is 14.2. The topological polar surface area (TPSA) is 53.4 Å². The fraction of sp³-hybridized carbons (Fsp3) is 0.375. The van der Waals surface area contributed by atoms with Gasteiger partial charge in [-0.05, 0) is 24.3 Å². The van der Waals surface area contributed by atoms with E-state index in [0.717, 1.165) is 16.5 Å². The van der Waals surface area contributed by atoms with Crippen LogP contribution in [0.5, 0.6) is 0 Å². The van der Waals surface area contributed by atoms with Crippen LogP contribution in [0.15, 0.2) is 36.5 Å². The van der Waals surface area contributed by atoms with Gasteiger partial charge >= 0.3 is 0 Å². The number of hydrogen-bond acceptors (Lipinski definition) is 3. The van der Waals surface area contributed by atoms with E-state index in [9.17, 15) is 9.90 Å². The molecule has 1 aromatic heterocycles. The minimum Gasteiger partial charge on any atom is -0.383 e. The van der Waals surface area contributed by atoms with Crippen LogP contribution in [0.4, 0.5) is 0 Å². The van der Waals surface area contributed by atoms with E-state index >= 15 is 0 Å². The van der Waals surface area contributed by atoms with Crippen molar-refractivity contribution in [3.63, 3.8) is 0 Å². The Labute approximate surface area is 118 Å². The summed E-state index contributed by atoms with van der Waals surface area (Å²) in [4.78, 5) is 17.6. The van der Waals surface area contributed by atoms with Gasteiger partial charge in [-0.3, -0.25) is 9.78 Å². The Kier molecular flexibility index (Phi) is 3.18. The van der Waals surface area contributed by atoms with Crippen LogP contribution in [-0.2, 0) is 10.4 Å². The molecule has 20 heavy (non-hydrogen) atoms. The molecule has 0 spiro atoms. The van der Waals surface area contributed by atoms with Crippen molar-refractivity contribution in [1.82, 2.24) is 9.88 Å². The first-order chi connectivity index (χ1) is 9.60. The van der Waals surface area contributed by atoms with Gasteiger partial charge in [-0.25, -0.2) is 0 Å². The maximum absolute atomic E-state index is 11.4. The molecule has 1 aliphatic rings. The summed E-state index contributed by atoms with van der Waals surface area (Å²) in [6.45, 7) is 2.73. The number of aliphatic hydroxyl groups is 1. The summed E-state index contributed by atoms with van der Waals surface area (Å²) in [6.07, 6.45) is 2.81. The summed E-state index contributed by atoms with van der Waals surface area (Å²) in [5.74, 6) is 0.0675. The van der Waals surface area contributed by atoms with Crippen LogP contribution in [0.2, 0.25) is 0 Å². The molecule has 1 N–H and O–H groups in total. The van der Waals surface area contributed by atoms with Gasteiger partial charge in [-0.2, -0.15) is 0 Å². The van der Waals surface area contributed by atoms with Crippen LogP contribution in [0.25, 0.3) is 10.8 Å². The summed E-state index contributed by atoms with van der Waals surface area (Å²) >= 11 is 0. The van der Waals surface area contributed by atoms with Gasteiger partial charge in [-0.1, -0.05) is 24.3 Å². The minimum absolute atomic E-state index is 0.0675. The Bertz CT molecular complexity index is 640. The molecular formula is C16H18N2O2. The van der Waals surface area contributed by atoms with Gasteiger partial charge in [0.05, 0.1) is 5.69 Å². The predicted octanol–water partition coefficient (Wildman–Crippen LogP) is 2.06. The second kappa shape index (κ2) is 4.87. The van der Waals surface area contributed by atoms with Crippen molar-refractivity contribution in [2.24, 2.45) is 0 Å². The lowest BCUT2D eigenvalue weighted by atomic mass is 9.85. The molecule has 2 aromatic rings. The van der Waals surface area contributed by atoms with Gasteiger partial charge in [0.1, 0.15) is 5.60 Å². The molecule has 1 saturated heterocycles. The monoisotopic (exact) mass is 270 g/mol. The number of nitrogens with zero attached hydrogens (tertiary/aromatic N) is 2. The summed E-state index contributed by atoms with van der Waals surface area (Å²) in [6, 6.07) is 9.91. The Morgan fingerprint density at radius 3 is 2.65 bits per heavy atom. The Balaban J connectivity index is 1.97. The van der Waals surface area contributed by atoms with Crippen LogP contribution in [0.1, 0.15) is 25.5 Å². The normalized spacial score (nSPS) is 18.2. The van der Waals surface area contributed by atoms with Gasteiger partial charge in [0.2, 0.25) is 5.91 Å². The molecule has 0 aliphatic carbocycles. The van der Waals surface area contributed by atoms with Crippen molar-refractivity contribution in [3.8, 4) is 0 Å². The molecule has 1 aliphatic heterocycles. The molecule has 0 radical (unpaired) electrons. The molecule has 104 valence electrons. The Hall–Kier alpha value is -1.94. The first-order valence-corrected chi connectivity index (χ1v) is 6.92. The zero-order valence-electron chi connectivity index (χ0n) is 11.5. The average Bonchev–Trinajstić information content (AvgIpc) is 2.47. The fourth-order valence-electron chi connectivity index (χ4n) is 2.92. The number of fused-ring (bicyclic) bond motifs is 1. The molecule has 2 heterocycles. The molecule has 0 atom stereocenters. The lowest BCUT2D eigenvalue weighted by Gasteiger charge is -2.37. The fourth-order valence-corrected chi connectivity index (χ4v) is 2.92. The van der Waals surface area contributed by atoms with Crippen LogP contribution in [-0.4, -0.2) is 34.0 Å². The summed E-state index contributed by atoms with van der Waals surface area (Å²) in [5.41, 5.74) is -0.203. The number of piperidine rings is 1. The third kappa shape index (κ3) is 2.16. The van der Waals surface area contributed by atoms with Gasteiger partial charge < -0.3 is 10.0 Å². The number of aromatic nitrogens is 1. The van der Waals surface area contributed by atoms with Gasteiger partial charge in [0, 0.05) is 31.6 Å². The van der Waals surface area contributed by atoms with E-state index < -0.39 is 5.60 Å². The first kappa shape index (κ1) is 13.1. The third-order valence-corrected chi connectivity index (χ3v) is 4.15. The summed E-state index contributed by atoms with van der Waals surface area (Å²) in [5, 5.41) is 13.0. The molecule has 0 bridgehead atoms. The number of carbonyl (C=O) groups excluding carboxylic acids is 1. The van der Waals surface area contributed by atoms with Crippen molar-refractivity contribution in [2.45, 2.75) is 25.4 Å². The van der Waals surface area contributed by atoms with E-state index in [2.05, 4.69) is 4.98 Å². The van der Waals surface area contributed by atoms with Gasteiger partial charge in [0.15, 0.2) is 0 Å². The zero-order valence-corrected chi connectivity index (χ0v) is 11.5. The van der Waals surface area contributed by atoms with E-state index in [1.165, 1.54) is 0 Å². The Morgan fingerprint density at radius 2 is 1.95 bits per heavy atom. The molecule has 0 unspecified atom stereocenters. The van der Waals surface area contributed by atoms with Crippen molar-refractivity contribution in [3.05, 3.63) is 42.2 Å². The molecule has 4 heteroatoms. The molecular weight excluding hydrogens is 252 g/mol. The lowest BCUT2D eigenvalue weighted by molar-refractivity contribution is -0.133. The van der Waals surface area contributed by atoms with Crippen molar-refractivity contribution >= 4 is 16.7 Å². The van der Waals surface area contributed by atoms with Crippen molar-refractivity contribution < 1.29 is 9.90 Å². The smallest absolute Gasteiger partial charge is 0.219 e. The molecule has 1 aromatic carbocycles. The van der Waals surface area contributed by atoms with E-state index in [1.54, 1.807) is 18.0 Å². The van der Waals surface area contributed by atoms with Crippen LogP contribution in [0.3, 0.4) is 0 Å². The first-order valence-electron chi connectivity index (χ1n) is 6.92. The van der Waals surface area contributed by atoms with E-state index in [0.29, 0.717) is 25.9 Å². The number of hydrogen-bond donors (Lipinski definition) is 1. The quantitative estimate of drug-likeness (QED) is 0.863. The van der Waals surface area contributed by atoms with Crippen LogP contribution < -0.4 is 0 Å². The molecule has 3 rings (SSSR count). The van der Waals surface area contributed by atoms with E-state index in [1.807, 2.05) is 30.3 Å². The molecule has 1 fully saturated rings.